The van der Waals surface area contributed by atoms with Gasteiger partial charge in [0.05, 0.1) is 24.1 Å². The zero-order valence-electron chi connectivity index (χ0n) is 17.2. The number of pyridine rings is 2. The van der Waals surface area contributed by atoms with Gasteiger partial charge in [-0.2, -0.15) is 14.4 Å². The lowest BCUT2D eigenvalue weighted by Gasteiger charge is -2.31. The minimum absolute atomic E-state index is 0.0716. The number of fused-ring (bicyclic) bond motifs is 1. The molecule has 0 radical (unpaired) electrons. The molecule has 8 nitrogen and oxygen atoms in total. The monoisotopic (exact) mass is 424 g/mol. The van der Waals surface area contributed by atoms with Gasteiger partial charge in [-0.25, -0.2) is 4.98 Å². The van der Waals surface area contributed by atoms with Crippen molar-refractivity contribution in [1.82, 2.24) is 19.9 Å². The van der Waals surface area contributed by atoms with E-state index in [1.807, 2.05) is 18.2 Å². The number of anilines is 2. The first kappa shape index (κ1) is 19.9. The highest BCUT2D eigenvalue weighted by atomic mass is 19.1. The van der Waals surface area contributed by atoms with Gasteiger partial charge in [0.15, 0.2) is 0 Å². The SMILES string of the molecule is Fc1ccnc(NC2CCC(Oc3nc(N4CCOCC4)cc4ncccc34)CC2)n1. The molecule has 31 heavy (non-hydrogen) atoms. The van der Waals surface area contributed by atoms with Crippen LogP contribution in [0.4, 0.5) is 16.2 Å². The van der Waals surface area contributed by atoms with Crippen molar-refractivity contribution in [1.29, 1.82) is 0 Å². The Kier molecular flexibility index (Phi) is 5.75. The van der Waals surface area contributed by atoms with E-state index in [2.05, 4.69) is 25.2 Å². The summed E-state index contributed by atoms with van der Waals surface area (Å²) in [5, 5.41) is 4.15. The van der Waals surface area contributed by atoms with E-state index >= 15 is 0 Å². The highest BCUT2D eigenvalue weighted by Gasteiger charge is 2.25. The van der Waals surface area contributed by atoms with E-state index in [0.29, 0.717) is 25.0 Å². The summed E-state index contributed by atoms with van der Waals surface area (Å²) >= 11 is 0. The number of hydrogen-bond donors (Lipinski definition) is 1. The molecule has 0 atom stereocenters. The third-order valence-electron chi connectivity index (χ3n) is 5.79. The Labute approximate surface area is 179 Å². The number of rotatable bonds is 5. The van der Waals surface area contributed by atoms with Gasteiger partial charge >= 0.3 is 0 Å². The number of morpholine rings is 1. The van der Waals surface area contributed by atoms with Crippen molar-refractivity contribution in [3.8, 4) is 5.88 Å². The van der Waals surface area contributed by atoms with Gasteiger partial charge in [0.2, 0.25) is 17.8 Å². The topological polar surface area (TPSA) is 85.3 Å². The van der Waals surface area contributed by atoms with Crippen molar-refractivity contribution in [2.45, 2.75) is 37.8 Å². The molecule has 5 rings (SSSR count). The molecule has 1 saturated heterocycles. The molecule has 4 heterocycles. The molecule has 162 valence electrons. The van der Waals surface area contributed by atoms with Crippen molar-refractivity contribution in [3.63, 3.8) is 0 Å². The summed E-state index contributed by atoms with van der Waals surface area (Å²) in [5.74, 6) is 1.32. The van der Waals surface area contributed by atoms with Crippen molar-refractivity contribution in [2.75, 3.05) is 36.5 Å². The third kappa shape index (κ3) is 4.66. The molecule has 1 N–H and O–H groups in total. The summed E-state index contributed by atoms with van der Waals surface area (Å²) in [6.07, 6.45) is 6.82. The number of nitrogens with one attached hydrogen (secondary N) is 1. The Morgan fingerprint density at radius 2 is 1.87 bits per heavy atom. The number of aromatic nitrogens is 4. The van der Waals surface area contributed by atoms with Gasteiger partial charge in [0, 0.05) is 43.7 Å². The third-order valence-corrected chi connectivity index (χ3v) is 5.79. The second-order valence-corrected chi connectivity index (χ2v) is 7.89. The molecule has 0 spiro atoms. The van der Waals surface area contributed by atoms with Gasteiger partial charge in [-0.15, -0.1) is 0 Å². The Bertz CT molecular complexity index is 1040. The predicted molar refractivity (Wildman–Crippen MR) is 115 cm³/mol. The van der Waals surface area contributed by atoms with Crippen LogP contribution in [0, 0.1) is 5.95 Å². The molecule has 0 amide bonds. The maximum Gasteiger partial charge on any atom is 0.225 e. The number of nitrogens with zero attached hydrogens (tertiary/aromatic N) is 5. The highest BCUT2D eigenvalue weighted by Crippen LogP contribution is 2.31. The summed E-state index contributed by atoms with van der Waals surface area (Å²) in [5.41, 5.74) is 0.882. The molecule has 0 aromatic carbocycles. The van der Waals surface area contributed by atoms with Crippen molar-refractivity contribution >= 4 is 22.7 Å². The molecular formula is C22H25FN6O2. The van der Waals surface area contributed by atoms with E-state index in [0.717, 1.165) is 55.5 Å². The lowest BCUT2D eigenvalue weighted by Crippen LogP contribution is -2.37. The summed E-state index contributed by atoms with van der Waals surface area (Å²) in [6, 6.07) is 7.38. The smallest absolute Gasteiger partial charge is 0.225 e. The molecule has 0 unspecified atom stereocenters. The maximum atomic E-state index is 13.3. The quantitative estimate of drug-likeness (QED) is 0.625. The molecule has 1 aliphatic heterocycles. The highest BCUT2D eigenvalue weighted by molar-refractivity contribution is 5.85. The summed E-state index contributed by atoms with van der Waals surface area (Å²) < 4.78 is 25.1. The van der Waals surface area contributed by atoms with Crippen molar-refractivity contribution in [2.24, 2.45) is 0 Å². The standard InChI is InChI=1S/C22H25FN6O2/c23-19-7-9-25-22(27-19)26-15-3-5-16(6-4-15)31-21-17-2-1-8-24-18(17)14-20(28-21)29-10-12-30-13-11-29/h1-2,7-9,14-16H,3-6,10-13H2,(H,25,26,27). The van der Waals surface area contributed by atoms with Crippen molar-refractivity contribution < 1.29 is 13.9 Å². The second kappa shape index (κ2) is 8.97. The van der Waals surface area contributed by atoms with Gasteiger partial charge < -0.3 is 19.7 Å². The Morgan fingerprint density at radius 3 is 2.68 bits per heavy atom. The molecular weight excluding hydrogens is 399 g/mol. The molecule has 0 bridgehead atoms. The fourth-order valence-electron chi connectivity index (χ4n) is 4.15. The maximum absolute atomic E-state index is 13.3. The average molecular weight is 424 g/mol. The summed E-state index contributed by atoms with van der Waals surface area (Å²) in [6.45, 7) is 3.02. The molecule has 2 aliphatic rings. The van der Waals surface area contributed by atoms with Gasteiger partial charge in [0.25, 0.3) is 0 Å². The minimum atomic E-state index is -0.527. The van der Waals surface area contributed by atoms with E-state index in [9.17, 15) is 4.39 Å². The number of ether oxygens (including phenoxy) is 2. The van der Waals surface area contributed by atoms with Crippen LogP contribution in [0.3, 0.4) is 0 Å². The molecule has 2 fully saturated rings. The van der Waals surface area contributed by atoms with Gasteiger partial charge in [-0.1, -0.05) is 0 Å². The van der Waals surface area contributed by atoms with Crippen LogP contribution in [0.15, 0.2) is 36.7 Å². The summed E-state index contributed by atoms with van der Waals surface area (Å²) in [7, 11) is 0. The number of hydrogen-bond acceptors (Lipinski definition) is 8. The predicted octanol–water partition coefficient (Wildman–Crippen LogP) is 3.20. The zero-order valence-corrected chi connectivity index (χ0v) is 17.2. The Balaban J connectivity index is 1.28. The van der Waals surface area contributed by atoms with Crippen LogP contribution in [0.1, 0.15) is 25.7 Å². The number of halogens is 1. The van der Waals surface area contributed by atoms with Crippen LogP contribution >= 0.6 is 0 Å². The van der Waals surface area contributed by atoms with E-state index in [1.54, 1.807) is 6.20 Å². The fourth-order valence-corrected chi connectivity index (χ4v) is 4.15. The summed E-state index contributed by atoms with van der Waals surface area (Å²) in [4.78, 5) is 19.5. The average Bonchev–Trinajstić information content (AvgIpc) is 2.81. The minimum Gasteiger partial charge on any atom is -0.474 e. The zero-order chi connectivity index (χ0) is 21.0. The normalized spacial score (nSPS) is 21.8. The molecule has 1 aliphatic carbocycles. The van der Waals surface area contributed by atoms with Crippen molar-refractivity contribution in [3.05, 3.63) is 42.6 Å². The Morgan fingerprint density at radius 1 is 1.03 bits per heavy atom. The van der Waals surface area contributed by atoms with Crippen LogP contribution < -0.4 is 15.0 Å². The first-order valence-corrected chi connectivity index (χ1v) is 10.7. The van der Waals surface area contributed by atoms with E-state index in [-0.39, 0.29) is 12.1 Å². The molecule has 9 heteroatoms. The van der Waals surface area contributed by atoms with Crippen LogP contribution in [0.25, 0.3) is 10.9 Å². The Hall–Kier alpha value is -3.07. The molecule has 3 aromatic heterocycles. The van der Waals surface area contributed by atoms with Gasteiger partial charge in [0.1, 0.15) is 11.9 Å². The van der Waals surface area contributed by atoms with E-state index in [4.69, 9.17) is 14.5 Å². The van der Waals surface area contributed by atoms with Gasteiger partial charge in [-0.05, 0) is 37.8 Å². The fraction of sp³-hybridized carbons (Fsp3) is 0.455. The van der Waals surface area contributed by atoms with E-state index in [1.165, 1.54) is 12.3 Å². The van der Waals surface area contributed by atoms with Crippen LogP contribution in [0.5, 0.6) is 5.88 Å². The second-order valence-electron chi connectivity index (χ2n) is 7.89. The molecule has 1 saturated carbocycles. The molecule has 3 aromatic rings. The van der Waals surface area contributed by atoms with Crippen LogP contribution in [-0.2, 0) is 4.74 Å². The van der Waals surface area contributed by atoms with Gasteiger partial charge in [-0.3, -0.25) is 4.98 Å². The lowest BCUT2D eigenvalue weighted by molar-refractivity contribution is 0.122. The lowest BCUT2D eigenvalue weighted by atomic mass is 9.93. The first-order valence-electron chi connectivity index (χ1n) is 10.7. The van der Waals surface area contributed by atoms with Crippen LogP contribution in [-0.4, -0.2) is 58.4 Å². The van der Waals surface area contributed by atoms with Crippen LogP contribution in [0.2, 0.25) is 0 Å². The van der Waals surface area contributed by atoms with E-state index < -0.39 is 5.95 Å². The largest absolute Gasteiger partial charge is 0.474 e. The first-order chi connectivity index (χ1) is 15.2.